The van der Waals surface area contributed by atoms with E-state index in [0.717, 1.165) is 19.3 Å². The van der Waals surface area contributed by atoms with Crippen LogP contribution >= 0.6 is 12.4 Å². The van der Waals surface area contributed by atoms with E-state index in [2.05, 4.69) is 0 Å². The lowest BCUT2D eigenvalue weighted by Gasteiger charge is -2.57. The first kappa shape index (κ1) is 11.2. The normalized spacial score (nSPS) is 51.3. The van der Waals surface area contributed by atoms with E-state index in [9.17, 15) is 9.90 Å². The molecular formula is C11H18ClNO2. The molecule has 4 bridgehead atoms. The number of rotatable bonds is 1. The van der Waals surface area contributed by atoms with E-state index in [1.54, 1.807) is 0 Å². The Bertz CT molecular complexity index is 278. The Morgan fingerprint density at radius 1 is 1.20 bits per heavy atom. The lowest BCUT2D eigenvalue weighted by Crippen LogP contribution is -2.58. The minimum atomic E-state index is -0.566. The van der Waals surface area contributed by atoms with Gasteiger partial charge in [0, 0.05) is 6.04 Å². The monoisotopic (exact) mass is 231 g/mol. The van der Waals surface area contributed by atoms with Gasteiger partial charge >= 0.3 is 5.97 Å². The van der Waals surface area contributed by atoms with Gasteiger partial charge in [0.2, 0.25) is 0 Å². The lowest BCUT2D eigenvalue weighted by molar-refractivity contribution is -0.166. The molecule has 4 aliphatic carbocycles. The van der Waals surface area contributed by atoms with E-state index in [0.29, 0.717) is 23.8 Å². The zero-order valence-electron chi connectivity index (χ0n) is 8.69. The maximum atomic E-state index is 11.3. The van der Waals surface area contributed by atoms with Crippen LogP contribution in [0.15, 0.2) is 0 Å². The zero-order chi connectivity index (χ0) is 9.92. The van der Waals surface area contributed by atoms with E-state index in [1.165, 1.54) is 12.8 Å². The Labute approximate surface area is 95.8 Å². The second kappa shape index (κ2) is 3.36. The molecule has 0 aliphatic heterocycles. The van der Waals surface area contributed by atoms with Crippen LogP contribution in [0.25, 0.3) is 0 Å². The quantitative estimate of drug-likeness (QED) is 0.721. The van der Waals surface area contributed by atoms with Crippen molar-refractivity contribution in [1.82, 2.24) is 0 Å². The first-order chi connectivity index (χ1) is 6.61. The highest BCUT2D eigenvalue weighted by Gasteiger charge is 2.57. The number of hydrogen-bond acceptors (Lipinski definition) is 2. The molecule has 0 aromatic rings. The molecule has 4 heteroatoms. The molecule has 4 aliphatic rings. The highest BCUT2D eigenvalue weighted by molar-refractivity contribution is 5.85. The van der Waals surface area contributed by atoms with Crippen LogP contribution in [0.4, 0.5) is 0 Å². The van der Waals surface area contributed by atoms with Gasteiger partial charge in [0.1, 0.15) is 0 Å². The number of carboxylic acid groups (broad SMARTS) is 1. The third kappa shape index (κ3) is 1.40. The highest BCUT2D eigenvalue weighted by atomic mass is 35.5. The fourth-order valence-corrected chi connectivity index (χ4v) is 4.33. The minimum Gasteiger partial charge on any atom is -0.481 e. The number of hydrogen-bond donors (Lipinski definition) is 2. The van der Waals surface area contributed by atoms with Crippen LogP contribution in [0.5, 0.6) is 0 Å². The van der Waals surface area contributed by atoms with Crippen LogP contribution in [0.3, 0.4) is 0 Å². The van der Waals surface area contributed by atoms with Gasteiger partial charge in [-0.25, -0.2) is 0 Å². The average molecular weight is 232 g/mol. The Kier molecular flexibility index (Phi) is 2.51. The predicted octanol–water partition coefficient (Wildman–Crippen LogP) is 1.65. The standard InChI is InChI=1S/C11H17NO2.ClH/c12-9-7-1-6-2-8(9)5-11(3-6,4-7)10(13)14;/h6-9H,1-5,12H2,(H,13,14);1H. The second-order valence-corrected chi connectivity index (χ2v) is 5.63. The van der Waals surface area contributed by atoms with Crippen molar-refractivity contribution in [2.45, 2.75) is 38.1 Å². The van der Waals surface area contributed by atoms with Gasteiger partial charge in [-0.05, 0) is 49.9 Å². The van der Waals surface area contributed by atoms with E-state index >= 15 is 0 Å². The van der Waals surface area contributed by atoms with Gasteiger partial charge in [0.05, 0.1) is 5.41 Å². The summed E-state index contributed by atoms with van der Waals surface area (Å²) in [5, 5.41) is 9.32. The molecule has 0 amide bonds. The number of halogens is 1. The van der Waals surface area contributed by atoms with E-state index in [4.69, 9.17) is 5.73 Å². The Hall–Kier alpha value is -0.280. The van der Waals surface area contributed by atoms with E-state index < -0.39 is 5.97 Å². The molecule has 2 atom stereocenters. The predicted molar refractivity (Wildman–Crippen MR) is 58.8 cm³/mol. The maximum absolute atomic E-state index is 11.3. The molecule has 2 unspecified atom stereocenters. The molecule has 3 N–H and O–H groups in total. The van der Waals surface area contributed by atoms with Crippen LogP contribution in [0, 0.1) is 23.2 Å². The van der Waals surface area contributed by atoms with Gasteiger partial charge in [-0.3, -0.25) is 4.79 Å². The molecule has 4 rings (SSSR count). The summed E-state index contributed by atoms with van der Waals surface area (Å²) in [4.78, 5) is 11.3. The van der Waals surface area contributed by atoms with E-state index in [1.807, 2.05) is 0 Å². The topological polar surface area (TPSA) is 63.3 Å². The summed E-state index contributed by atoms with van der Waals surface area (Å²) in [6.07, 6.45) is 4.98. The minimum absolute atomic E-state index is 0. The van der Waals surface area contributed by atoms with Crippen LogP contribution in [0.2, 0.25) is 0 Å². The average Bonchev–Trinajstić information content (AvgIpc) is 2.12. The first-order valence-electron chi connectivity index (χ1n) is 5.60. The van der Waals surface area contributed by atoms with Crippen molar-refractivity contribution in [2.24, 2.45) is 28.9 Å². The molecule has 86 valence electrons. The highest BCUT2D eigenvalue weighted by Crippen LogP contribution is 2.59. The second-order valence-electron chi connectivity index (χ2n) is 5.63. The molecule has 4 fully saturated rings. The van der Waals surface area contributed by atoms with Gasteiger partial charge in [0.25, 0.3) is 0 Å². The lowest BCUT2D eigenvalue weighted by atomic mass is 9.48. The Balaban J connectivity index is 0.000000853. The van der Waals surface area contributed by atoms with Gasteiger partial charge in [-0.1, -0.05) is 0 Å². The number of aliphatic carboxylic acids is 1. The summed E-state index contributed by atoms with van der Waals surface area (Å²) in [5.74, 6) is 1.09. The van der Waals surface area contributed by atoms with Gasteiger partial charge in [-0.2, -0.15) is 0 Å². The van der Waals surface area contributed by atoms with Crippen molar-refractivity contribution < 1.29 is 9.90 Å². The van der Waals surface area contributed by atoms with Crippen molar-refractivity contribution in [3.8, 4) is 0 Å². The third-order valence-corrected chi connectivity index (χ3v) is 4.80. The summed E-state index contributed by atoms with van der Waals surface area (Å²) in [5.41, 5.74) is 5.75. The summed E-state index contributed by atoms with van der Waals surface area (Å²) < 4.78 is 0. The number of carbonyl (C=O) groups is 1. The largest absolute Gasteiger partial charge is 0.481 e. The van der Waals surface area contributed by atoms with Crippen molar-refractivity contribution in [3.63, 3.8) is 0 Å². The van der Waals surface area contributed by atoms with Crippen LogP contribution in [-0.4, -0.2) is 17.1 Å². The van der Waals surface area contributed by atoms with Crippen molar-refractivity contribution in [2.75, 3.05) is 0 Å². The molecule has 0 heterocycles. The first-order valence-corrected chi connectivity index (χ1v) is 5.60. The molecule has 0 aromatic heterocycles. The zero-order valence-corrected chi connectivity index (χ0v) is 9.50. The third-order valence-electron chi connectivity index (χ3n) is 4.80. The van der Waals surface area contributed by atoms with Crippen LogP contribution < -0.4 is 5.73 Å². The van der Waals surface area contributed by atoms with Crippen molar-refractivity contribution in [1.29, 1.82) is 0 Å². The van der Waals surface area contributed by atoms with Crippen LogP contribution in [0.1, 0.15) is 32.1 Å². The molecule has 0 radical (unpaired) electrons. The van der Waals surface area contributed by atoms with Crippen molar-refractivity contribution >= 4 is 18.4 Å². The van der Waals surface area contributed by atoms with Crippen LogP contribution in [-0.2, 0) is 4.79 Å². The number of carboxylic acids is 1. The fraction of sp³-hybridized carbons (Fsp3) is 0.909. The molecule has 15 heavy (non-hydrogen) atoms. The summed E-state index contributed by atoms with van der Waals surface area (Å²) >= 11 is 0. The summed E-state index contributed by atoms with van der Waals surface area (Å²) in [7, 11) is 0. The molecule has 3 nitrogen and oxygen atoms in total. The smallest absolute Gasteiger partial charge is 0.309 e. The van der Waals surface area contributed by atoms with Gasteiger partial charge in [0.15, 0.2) is 0 Å². The summed E-state index contributed by atoms with van der Waals surface area (Å²) in [6.45, 7) is 0. The molecular weight excluding hydrogens is 214 g/mol. The Morgan fingerprint density at radius 3 is 2.20 bits per heavy atom. The summed E-state index contributed by atoms with van der Waals surface area (Å²) in [6, 6.07) is 0.291. The molecule has 0 aromatic carbocycles. The fourth-order valence-electron chi connectivity index (χ4n) is 4.33. The molecule has 4 saturated carbocycles. The maximum Gasteiger partial charge on any atom is 0.309 e. The van der Waals surface area contributed by atoms with E-state index in [-0.39, 0.29) is 17.8 Å². The molecule has 0 saturated heterocycles. The number of nitrogens with two attached hydrogens (primary N) is 1. The van der Waals surface area contributed by atoms with Gasteiger partial charge < -0.3 is 10.8 Å². The van der Waals surface area contributed by atoms with Gasteiger partial charge in [-0.15, -0.1) is 12.4 Å². The Morgan fingerprint density at radius 2 is 1.73 bits per heavy atom. The molecule has 0 spiro atoms. The van der Waals surface area contributed by atoms with Crippen molar-refractivity contribution in [3.05, 3.63) is 0 Å². The SMILES string of the molecule is Cl.NC1C2CC3CC1CC(C(=O)O)(C3)C2.